The molecule has 0 saturated heterocycles. The van der Waals surface area contributed by atoms with E-state index < -0.39 is 26.5 Å². The van der Waals surface area contributed by atoms with Crippen LogP contribution in [0.1, 0.15) is 194 Å². The molecule has 0 rings (SSSR count). The van der Waals surface area contributed by atoms with E-state index in [1.165, 1.54) is 89.9 Å². The van der Waals surface area contributed by atoms with Gasteiger partial charge in [-0.1, -0.05) is 164 Å². The molecule has 0 radical (unpaired) electrons. The van der Waals surface area contributed by atoms with Crippen LogP contribution in [0.25, 0.3) is 0 Å². The number of esters is 2. The molecule has 0 amide bonds. The van der Waals surface area contributed by atoms with Crippen LogP contribution < -0.4 is 0 Å². The van der Waals surface area contributed by atoms with Crippen molar-refractivity contribution >= 4 is 19.8 Å². The van der Waals surface area contributed by atoms with Gasteiger partial charge in [-0.25, -0.2) is 4.57 Å². The van der Waals surface area contributed by atoms with E-state index in [1.807, 2.05) is 19.0 Å². The summed E-state index contributed by atoms with van der Waals surface area (Å²) >= 11 is 0. The van der Waals surface area contributed by atoms with Gasteiger partial charge >= 0.3 is 19.8 Å². The third kappa shape index (κ3) is 45.1. The topological polar surface area (TPSA) is 112 Å². The number of unbranched alkanes of at least 4 members (excludes halogenated alkanes) is 19. The van der Waals surface area contributed by atoms with E-state index in [0.29, 0.717) is 13.0 Å². The molecule has 0 heterocycles. The van der Waals surface area contributed by atoms with E-state index in [2.05, 4.69) is 74.6 Å². The zero-order valence-electron chi connectivity index (χ0n) is 38.2. The standard InChI is InChI=1S/C49H88NO8P/c1-5-7-9-11-13-15-17-19-21-23-24-26-27-29-31-33-35-37-39-41-48(51)55-45-47(46-57-59(53,54)56-44-43-50(3)4)58-49(52)42-40-38-36-34-32-30-28-25-22-20-18-16-14-12-10-8-6-2/h8,10,14,16,19-22,28,30,47H,5-7,9,11-13,15,17-18,23-27,29,31-46H2,1-4H3,(H,53,54)/b10-8-,16-14-,21-19-,22-20-,30-28-. The summed E-state index contributed by atoms with van der Waals surface area (Å²) in [5.74, 6) is -0.833. The molecule has 0 aromatic rings. The molecule has 0 bridgehead atoms. The van der Waals surface area contributed by atoms with Gasteiger partial charge in [0, 0.05) is 19.4 Å². The SMILES string of the molecule is CC/C=C\C/C=C\C/C=C\C/C=C\CCCCCCC(=O)OC(COC(=O)CCCCCCCCCCC/C=C\CCCCCCCC)COP(=O)(O)OCCN(C)C. The number of likely N-dealkylation sites (N-methyl/N-ethyl adjacent to an activating group) is 1. The van der Waals surface area contributed by atoms with E-state index in [0.717, 1.165) is 70.6 Å². The number of hydrogen-bond acceptors (Lipinski definition) is 8. The monoisotopic (exact) mass is 850 g/mol. The predicted molar refractivity (Wildman–Crippen MR) is 247 cm³/mol. The fourth-order valence-electron chi connectivity index (χ4n) is 6.20. The Morgan fingerprint density at radius 1 is 0.542 bits per heavy atom. The second-order valence-electron chi connectivity index (χ2n) is 15.9. The molecule has 2 unspecified atom stereocenters. The Balaban J connectivity index is 4.28. The number of ether oxygens (including phenoxy) is 2. The molecular weight excluding hydrogens is 762 g/mol. The highest BCUT2D eigenvalue weighted by Gasteiger charge is 2.26. The lowest BCUT2D eigenvalue weighted by molar-refractivity contribution is -0.161. The zero-order valence-corrected chi connectivity index (χ0v) is 39.1. The summed E-state index contributed by atoms with van der Waals surface area (Å²) in [5, 5.41) is 0. The van der Waals surface area contributed by atoms with Crippen molar-refractivity contribution in [2.24, 2.45) is 0 Å². The quantitative estimate of drug-likeness (QED) is 0.0277. The highest BCUT2D eigenvalue weighted by Crippen LogP contribution is 2.43. The van der Waals surface area contributed by atoms with E-state index >= 15 is 0 Å². The van der Waals surface area contributed by atoms with E-state index in [1.54, 1.807) is 0 Å². The maximum absolute atomic E-state index is 12.7. The minimum atomic E-state index is -4.37. The molecule has 0 fully saturated rings. The van der Waals surface area contributed by atoms with E-state index in [4.69, 9.17) is 18.5 Å². The van der Waals surface area contributed by atoms with Crippen LogP contribution >= 0.6 is 7.82 Å². The van der Waals surface area contributed by atoms with Gasteiger partial charge in [-0.2, -0.15) is 0 Å². The molecule has 2 atom stereocenters. The molecule has 0 saturated carbocycles. The van der Waals surface area contributed by atoms with Crippen LogP contribution in [-0.2, 0) is 32.7 Å². The molecule has 0 aliphatic rings. The number of allylic oxidation sites excluding steroid dienone is 10. The fourth-order valence-corrected chi connectivity index (χ4v) is 6.94. The van der Waals surface area contributed by atoms with Gasteiger partial charge in [0.1, 0.15) is 6.61 Å². The van der Waals surface area contributed by atoms with Crippen molar-refractivity contribution in [3.63, 3.8) is 0 Å². The first-order valence-corrected chi connectivity index (χ1v) is 25.1. The van der Waals surface area contributed by atoms with E-state index in [-0.39, 0.29) is 32.0 Å². The maximum Gasteiger partial charge on any atom is 0.472 e. The molecule has 0 aromatic carbocycles. The third-order valence-electron chi connectivity index (χ3n) is 9.81. The van der Waals surface area contributed by atoms with Crippen molar-refractivity contribution in [2.45, 2.75) is 200 Å². The Labute approximate surface area is 362 Å². The average molecular weight is 850 g/mol. The van der Waals surface area contributed by atoms with Crippen molar-refractivity contribution < 1.29 is 37.6 Å². The van der Waals surface area contributed by atoms with Gasteiger partial charge in [0.05, 0.1) is 13.2 Å². The van der Waals surface area contributed by atoms with Crippen LogP contribution in [0.5, 0.6) is 0 Å². The van der Waals surface area contributed by atoms with Crippen LogP contribution in [0.4, 0.5) is 0 Å². The summed E-state index contributed by atoms with van der Waals surface area (Å²) in [6.45, 7) is 4.18. The van der Waals surface area contributed by atoms with Gasteiger partial charge in [-0.3, -0.25) is 18.6 Å². The summed E-state index contributed by atoms with van der Waals surface area (Å²) < 4.78 is 33.5. The summed E-state index contributed by atoms with van der Waals surface area (Å²) in [6, 6.07) is 0. The van der Waals surface area contributed by atoms with Crippen LogP contribution in [-0.4, -0.2) is 68.3 Å². The lowest BCUT2D eigenvalue weighted by Gasteiger charge is -2.20. The van der Waals surface area contributed by atoms with Gasteiger partial charge in [-0.05, 0) is 91.1 Å². The minimum absolute atomic E-state index is 0.000242. The molecule has 10 heteroatoms. The van der Waals surface area contributed by atoms with Gasteiger partial charge in [0.25, 0.3) is 0 Å². The Morgan fingerprint density at radius 3 is 1.46 bits per heavy atom. The summed E-state index contributed by atoms with van der Waals surface area (Å²) in [7, 11) is -0.731. The van der Waals surface area contributed by atoms with Gasteiger partial charge in [0.2, 0.25) is 0 Å². The molecule has 0 aliphatic carbocycles. The Hall–Kier alpha value is -2.29. The first-order chi connectivity index (χ1) is 28.7. The Bertz CT molecular complexity index is 1160. The average Bonchev–Trinajstić information content (AvgIpc) is 3.20. The number of nitrogens with zero attached hydrogens (tertiary/aromatic N) is 1. The minimum Gasteiger partial charge on any atom is -0.462 e. The highest BCUT2D eigenvalue weighted by molar-refractivity contribution is 7.47. The van der Waals surface area contributed by atoms with Crippen molar-refractivity contribution in [2.75, 3.05) is 40.5 Å². The normalized spacial score (nSPS) is 13.9. The van der Waals surface area contributed by atoms with Crippen molar-refractivity contribution in [1.82, 2.24) is 4.90 Å². The number of carbonyl (C=O) groups excluding carboxylic acids is 2. The zero-order chi connectivity index (χ0) is 43.3. The Morgan fingerprint density at radius 2 is 0.966 bits per heavy atom. The van der Waals surface area contributed by atoms with Gasteiger partial charge in [-0.15, -0.1) is 0 Å². The van der Waals surface area contributed by atoms with Crippen molar-refractivity contribution in [1.29, 1.82) is 0 Å². The summed E-state index contributed by atoms with van der Waals surface area (Å²) in [4.78, 5) is 37.1. The number of phosphoric acid groups is 1. The number of carbonyl (C=O) groups is 2. The molecule has 1 N–H and O–H groups in total. The second kappa shape index (κ2) is 43.8. The number of hydrogen-bond donors (Lipinski definition) is 1. The summed E-state index contributed by atoms with van der Waals surface area (Å²) in [6.07, 6.45) is 51.2. The van der Waals surface area contributed by atoms with Crippen LogP contribution in [0.2, 0.25) is 0 Å². The molecule has 0 aromatic heterocycles. The molecule has 342 valence electrons. The van der Waals surface area contributed by atoms with Gasteiger partial charge < -0.3 is 19.3 Å². The smallest absolute Gasteiger partial charge is 0.462 e. The fraction of sp³-hybridized carbons (Fsp3) is 0.755. The molecular formula is C49H88NO8P. The number of rotatable bonds is 43. The van der Waals surface area contributed by atoms with Crippen LogP contribution in [0.15, 0.2) is 60.8 Å². The Kier molecular flexibility index (Phi) is 42.1. The summed E-state index contributed by atoms with van der Waals surface area (Å²) in [5.41, 5.74) is 0. The largest absolute Gasteiger partial charge is 0.472 e. The van der Waals surface area contributed by atoms with Crippen LogP contribution in [0, 0.1) is 0 Å². The molecule has 59 heavy (non-hydrogen) atoms. The molecule has 0 spiro atoms. The third-order valence-corrected chi connectivity index (χ3v) is 10.8. The lowest BCUT2D eigenvalue weighted by atomic mass is 10.1. The van der Waals surface area contributed by atoms with E-state index in [9.17, 15) is 19.0 Å². The van der Waals surface area contributed by atoms with Crippen LogP contribution in [0.3, 0.4) is 0 Å². The van der Waals surface area contributed by atoms with Crippen molar-refractivity contribution in [3.8, 4) is 0 Å². The first-order valence-electron chi connectivity index (χ1n) is 23.6. The lowest BCUT2D eigenvalue weighted by Crippen LogP contribution is -2.29. The highest BCUT2D eigenvalue weighted by atomic mass is 31.2. The van der Waals surface area contributed by atoms with Crippen molar-refractivity contribution in [3.05, 3.63) is 60.8 Å². The number of phosphoric ester groups is 1. The first kappa shape index (κ1) is 56.7. The predicted octanol–water partition coefficient (Wildman–Crippen LogP) is 13.9. The molecule has 0 aliphatic heterocycles. The molecule has 9 nitrogen and oxygen atoms in total. The maximum atomic E-state index is 12.7. The second-order valence-corrected chi connectivity index (χ2v) is 17.4. The van der Waals surface area contributed by atoms with Gasteiger partial charge in [0.15, 0.2) is 6.10 Å².